The Morgan fingerprint density at radius 1 is 0.688 bits per heavy atom. The van der Waals surface area contributed by atoms with Crippen molar-refractivity contribution in [3.8, 4) is 5.75 Å². The molecule has 7 amide bonds. The van der Waals surface area contributed by atoms with Crippen LogP contribution in [0.5, 0.6) is 5.75 Å². The van der Waals surface area contributed by atoms with Crippen LogP contribution >= 0.6 is 0 Å². The number of rotatable bonds is 19. The molecular weight excluding hydrogens is 827 g/mol. The van der Waals surface area contributed by atoms with E-state index in [4.69, 9.17) is 10.5 Å². The maximum Gasteiger partial charge on any atom is 0.329 e. The summed E-state index contributed by atoms with van der Waals surface area (Å²) in [5.74, 6) is -7.44. The summed E-state index contributed by atoms with van der Waals surface area (Å²) in [6.45, 7) is 11.5. The highest BCUT2D eigenvalue weighted by atomic mass is 16.5. The van der Waals surface area contributed by atoms with Gasteiger partial charge in [0.2, 0.25) is 41.4 Å². The fourth-order valence-electron chi connectivity index (χ4n) is 7.26. The predicted molar refractivity (Wildman–Crippen MR) is 240 cm³/mol. The normalized spacial score (nSPS) is 25.1. The molecule has 0 bridgehead atoms. The standard InChI is InChI=1S/C46H75N7O11/c1-8-10-11-12-13-14-15-16-17-18-28(4)36-26-38(57)52-40(31(7)54)45(62)49-29(5)41(58)48-30(6)42(59)50-34(23-24-37(47)56)43(60)51-35(25-32-19-21-33(55)22-20-32)44(61)53-39(27(3)9-2)46(63)64-36/h19-22,27-31,34-36,39-40,54-55H,8-18,23-26H2,1-7H3,(H2,47,56)(H,48,58)(H,49,62)(H,50,59)(H,51,60)(H,52,57)(H,53,61)/t27-,28+,29-,30+,31-,34-,35+,36-,39-,40-/m0/s1. The van der Waals surface area contributed by atoms with E-state index in [2.05, 4.69) is 38.8 Å². The number of cyclic esters (lactones) is 1. The summed E-state index contributed by atoms with van der Waals surface area (Å²) in [5.41, 5.74) is 5.91. The lowest BCUT2D eigenvalue weighted by molar-refractivity contribution is -0.159. The van der Waals surface area contributed by atoms with E-state index in [1.807, 2.05) is 13.8 Å². The SMILES string of the molecule is CCCCCCCCCCC[C@@H](C)[C@@H]1CC(=O)N[C@@H]([C@H](C)O)C(=O)N[C@@H](C)C(=O)N[C@H](C)C(=O)N[C@@H](CCC(N)=O)C(=O)N[C@H](Cc2ccc(O)cc2)C(=O)N[C@@H]([C@@H](C)CC)C(=O)O1. The van der Waals surface area contributed by atoms with Gasteiger partial charge in [0.15, 0.2) is 0 Å². The van der Waals surface area contributed by atoms with Crippen LogP contribution in [0.15, 0.2) is 24.3 Å². The van der Waals surface area contributed by atoms with Crippen molar-refractivity contribution in [2.24, 2.45) is 17.6 Å². The lowest BCUT2D eigenvalue weighted by Crippen LogP contribution is -2.60. The van der Waals surface area contributed by atoms with Crippen LogP contribution in [-0.4, -0.2) is 106 Å². The summed E-state index contributed by atoms with van der Waals surface area (Å²) in [5, 5.41) is 35.8. The summed E-state index contributed by atoms with van der Waals surface area (Å²) in [7, 11) is 0. The molecule has 64 heavy (non-hydrogen) atoms. The largest absolute Gasteiger partial charge is 0.508 e. The second-order valence-electron chi connectivity index (χ2n) is 17.4. The van der Waals surface area contributed by atoms with E-state index in [0.29, 0.717) is 18.4 Å². The van der Waals surface area contributed by atoms with Crippen LogP contribution in [0.1, 0.15) is 144 Å². The predicted octanol–water partition coefficient (Wildman–Crippen LogP) is 2.45. The minimum atomic E-state index is -1.52. The Kier molecular flexibility index (Phi) is 24.4. The molecule has 1 saturated heterocycles. The van der Waals surface area contributed by atoms with E-state index in [0.717, 1.165) is 32.1 Å². The first-order chi connectivity index (χ1) is 30.3. The van der Waals surface area contributed by atoms with E-state index < -0.39 is 108 Å². The van der Waals surface area contributed by atoms with Gasteiger partial charge in [0.05, 0.1) is 12.5 Å². The maximum absolute atomic E-state index is 14.3. The third-order valence-corrected chi connectivity index (χ3v) is 11.7. The zero-order chi connectivity index (χ0) is 47.9. The quantitative estimate of drug-likeness (QED) is 0.0718. The lowest BCUT2D eigenvalue weighted by Gasteiger charge is -2.31. The Labute approximate surface area is 378 Å². The third-order valence-electron chi connectivity index (χ3n) is 11.7. The second-order valence-corrected chi connectivity index (χ2v) is 17.4. The maximum atomic E-state index is 14.3. The van der Waals surface area contributed by atoms with Crippen LogP contribution in [0.25, 0.3) is 0 Å². The molecule has 10 atom stereocenters. The molecule has 1 aliphatic rings. The molecule has 360 valence electrons. The number of carbonyl (C=O) groups excluding carboxylic acids is 8. The van der Waals surface area contributed by atoms with Gasteiger partial charge in [0, 0.05) is 12.8 Å². The van der Waals surface area contributed by atoms with Crippen molar-refractivity contribution in [2.75, 3.05) is 0 Å². The number of nitrogens with one attached hydrogen (secondary N) is 6. The van der Waals surface area contributed by atoms with Crippen molar-refractivity contribution >= 4 is 47.3 Å². The van der Waals surface area contributed by atoms with Crippen LogP contribution < -0.4 is 37.6 Å². The fourth-order valence-corrected chi connectivity index (χ4v) is 7.26. The minimum absolute atomic E-state index is 0.0387. The molecule has 0 saturated carbocycles. The van der Waals surface area contributed by atoms with Gasteiger partial charge >= 0.3 is 5.97 Å². The number of aromatic hydroxyl groups is 1. The number of unbranched alkanes of at least 4 members (excludes halogenated alkanes) is 8. The number of primary amides is 1. The topological polar surface area (TPSA) is 284 Å². The van der Waals surface area contributed by atoms with Crippen molar-refractivity contribution in [3.63, 3.8) is 0 Å². The molecule has 0 spiro atoms. The van der Waals surface area contributed by atoms with Gasteiger partial charge in [0.25, 0.3) is 0 Å². The number of hydrogen-bond donors (Lipinski definition) is 9. The number of benzene rings is 1. The van der Waals surface area contributed by atoms with E-state index in [1.54, 1.807) is 19.1 Å². The molecule has 18 nitrogen and oxygen atoms in total. The smallest absolute Gasteiger partial charge is 0.329 e. The molecule has 0 aliphatic carbocycles. The molecule has 1 heterocycles. The van der Waals surface area contributed by atoms with Gasteiger partial charge in [-0.25, -0.2) is 4.79 Å². The van der Waals surface area contributed by atoms with Gasteiger partial charge in [-0.15, -0.1) is 0 Å². The first kappa shape index (κ1) is 54.9. The van der Waals surface area contributed by atoms with E-state index >= 15 is 0 Å². The number of amides is 7. The first-order valence-electron chi connectivity index (χ1n) is 23.0. The third kappa shape index (κ3) is 19.6. The molecule has 0 unspecified atom stereocenters. The molecule has 1 aliphatic heterocycles. The molecular formula is C46H75N7O11. The summed E-state index contributed by atoms with van der Waals surface area (Å²) < 4.78 is 6.11. The van der Waals surface area contributed by atoms with Crippen molar-refractivity contribution < 1.29 is 53.3 Å². The highest BCUT2D eigenvalue weighted by molar-refractivity contribution is 5.97. The molecule has 1 aromatic rings. The molecule has 1 aromatic carbocycles. The van der Waals surface area contributed by atoms with Gasteiger partial charge in [-0.1, -0.05) is 104 Å². The first-order valence-corrected chi connectivity index (χ1v) is 23.0. The van der Waals surface area contributed by atoms with Crippen LogP contribution in [0, 0.1) is 11.8 Å². The highest BCUT2D eigenvalue weighted by Crippen LogP contribution is 2.23. The summed E-state index contributed by atoms with van der Waals surface area (Å²) in [4.78, 5) is 108. The number of phenols is 1. The van der Waals surface area contributed by atoms with Crippen molar-refractivity contribution in [1.29, 1.82) is 0 Å². The molecule has 1 fully saturated rings. The van der Waals surface area contributed by atoms with Gasteiger partial charge in [-0.3, -0.25) is 33.6 Å². The van der Waals surface area contributed by atoms with Gasteiger partial charge < -0.3 is 52.6 Å². The van der Waals surface area contributed by atoms with Gasteiger partial charge in [0.1, 0.15) is 48.1 Å². The summed E-state index contributed by atoms with van der Waals surface area (Å²) >= 11 is 0. The molecule has 10 N–H and O–H groups in total. The molecule has 18 heteroatoms. The van der Waals surface area contributed by atoms with Crippen LogP contribution in [0.3, 0.4) is 0 Å². The second kappa shape index (κ2) is 28.5. The van der Waals surface area contributed by atoms with E-state index in [-0.39, 0.29) is 30.9 Å². The van der Waals surface area contributed by atoms with E-state index in [1.165, 1.54) is 58.6 Å². The Morgan fingerprint density at radius 3 is 1.78 bits per heavy atom. The average molecular weight is 902 g/mol. The molecule has 0 aromatic heterocycles. The van der Waals surface area contributed by atoms with Gasteiger partial charge in [-0.05, 0) is 63.1 Å². The summed E-state index contributed by atoms with van der Waals surface area (Å²) in [6.07, 6.45) is 7.29. The number of esters is 1. The summed E-state index contributed by atoms with van der Waals surface area (Å²) in [6, 6.07) is -2.23. The van der Waals surface area contributed by atoms with Crippen LogP contribution in [-0.2, 0) is 49.5 Å². The van der Waals surface area contributed by atoms with Crippen LogP contribution in [0.2, 0.25) is 0 Å². The molecule has 2 rings (SSSR count). The number of phenolic OH excluding ortho intramolecular Hbond substituents is 1. The van der Waals surface area contributed by atoms with Gasteiger partial charge in [-0.2, -0.15) is 0 Å². The minimum Gasteiger partial charge on any atom is -0.508 e. The average Bonchev–Trinajstić information content (AvgIpc) is 3.24. The Balaban J connectivity index is 2.59. The fraction of sp³-hybridized carbons (Fsp3) is 0.696. The van der Waals surface area contributed by atoms with Crippen molar-refractivity contribution in [2.45, 2.75) is 193 Å². The van der Waals surface area contributed by atoms with Crippen molar-refractivity contribution in [3.05, 3.63) is 29.8 Å². The number of aliphatic hydroxyl groups is 1. The monoisotopic (exact) mass is 902 g/mol. The molecule has 0 radical (unpaired) electrons. The number of hydrogen-bond acceptors (Lipinski definition) is 11. The number of aliphatic hydroxyl groups excluding tert-OH is 1. The van der Waals surface area contributed by atoms with Crippen molar-refractivity contribution in [1.82, 2.24) is 31.9 Å². The van der Waals surface area contributed by atoms with E-state index in [9.17, 15) is 48.6 Å². The number of carbonyl (C=O) groups is 8. The lowest BCUT2D eigenvalue weighted by atomic mass is 9.93. The number of ether oxygens (including phenoxy) is 1. The van der Waals surface area contributed by atoms with Crippen LogP contribution in [0.4, 0.5) is 0 Å². The Bertz CT molecular complexity index is 1690. The zero-order valence-electron chi connectivity index (χ0n) is 38.8. The highest BCUT2D eigenvalue weighted by Gasteiger charge is 2.37. The Hall–Kier alpha value is -5.26. The number of nitrogens with two attached hydrogens (primary N) is 1. The zero-order valence-corrected chi connectivity index (χ0v) is 38.8. The Morgan fingerprint density at radius 2 is 1.22 bits per heavy atom.